The summed E-state index contributed by atoms with van der Waals surface area (Å²) in [5.74, 6) is 2.07. The topological polar surface area (TPSA) is 119 Å². The van der Waals surface area contributed by atoms with Gasteiger partial charge in [-0.2, -0.15) is 0 Å². The number of ether oxygens (including phenoxy) is 3. The normalized spacial score (nSPS) is 34.3. The van der Waals surface area contributed by atoms with E-state index >= 15 is 0 Å². The molecule has 8 saturated carbocycles. The van der Waals surface area contributed by atoms with Crippen molar-refractivity contribution in [2.75, 3.05) is 13.2 Å². The highest BCUT2D eigenvalue weighted by Crippen LogP contribution is 2.60. The molecule has 94 heavy (non-hydrogen) atoms. The van der Waals surface area contributed by atoms with Crippen LogP contribution >= 0.6 is 0 Å². The minimum absolute atomic E-state index is 0.00599. The van der Waals surface area contributed by atoms with Crippen LogP contribution in [0.2, 0.25) is 72.5 Å². The number of carboxylic acid groups (broad SMARTS) is 1. The molecule has 10 aliphatic carbocycles. The van der Waals surface area contributed by atoms with E-state index in [1.807, 2.05) is 6.92 Å². The molecule has 4 bridgehead atoms. The smallest absolute Gasteiger partial charge is 0.332 e. The highest BCUT2D eigenvalue weighted by atomic mass is 28.4. The molecule has 0 aromatic heterocycles. The molecule has 0 radical (unpaired) electrons. The summed E-state index contributed by atoms with van der Waals surface area (Å²) in [5, 5.41) is 9.67. The van der Waals surface area contributed by atoms with E-state index in [1.165, 1.54) is 52.7 Å². The molecule has 0 aliphatic heterocycles. The van der Waals surface area contributed by atoms with Crippen molar-refractivity contribution in [3.8, 4) is 0 Å². The Balaban J connectivity index is 0.000000247. The molecule has 0 aromatic carbocycles. The monoisotopic (exact) mass is 1370 g/mol. The van der Waals surface area contributed by atoms with Gasteiger partial charge in [-0.15, -0.1) is 0 Å². The van der Waals surface area contributed by atoms with E-state index in [9.17, 15) is 9.59 Å². The van der Waals surface area contributed by atoms with Crippen LogP contribution in [0.25, 0.3) is 0 Å². The van der Waals surface area contributed by atoms with Gasteiger partial charge >= 0.3 is 11.9 Å². The number of rotatable bonds is 19. The molecule has 10 atom stereocenters. The lowest BCUT2D eigenvalue weighted by Gasteiger charge is -2.55. The van der Waals surface area contributed by atoms with Crippen LogP contribution in [0.4, 0.5) is 0 Å². The van der Waals surface area contributed by atoms with Crippen LogP contribution in [0, 0.1) is 40.4 Å². The molecule has 10 aliphatic rings. The Kier molecular flexibility index (Phi) is 23.4. The predicted octanol–water partition coefficient (Wildman–Crippen LogP) is 21.6. The molecule has 530 valence electrons. The van der Waals surface area contributed by atoms with Crippen LogP contribution in [0.5, 0.6) is 0 Å². The van der Waals surface area contributed by atoms with Gasteiger partial charge < -0.3 is 37.0 Å². The molecule has 0 amide bonds. The van der Waals surface area contributed by atoms with Crippen molar-refractivity contribution in [1.82, 2.24) is 0 Å². The Bertz CT molecular complexity index is 2950. The lowest BCUT2D eigenvalue weighted by molar-refractivity contribution is -0.191. The lowest BCUT2D eigenvalue weighted by Crippen LogP contribution is -2.53. The fraction of sp³-hybridized carbons (Fsp3) is 0.775. The second-order valence-electron chi connectivity index (χ2n) is 37.8. The van der Waals surface area contributed by atoms with E-state index in [-0.39, 0.29) is 92.4 Å². The molecule has 0 spiro atoms. The minimum Gasteiger partial charge on any atom is -0.480 e. The summed E-state index contributed by atoms with van der Waals surface area (Å²) in [5.41, 5.74) is 10.3. The van der Waals surface area contributed by atoms with Gasteiger partial charge in [0, 0.05) is 12.8 Å². The first-order valence-electron chi connectivity index (χ1n) is 37.1. The molecule has 1 N–H and O–H groups in total. The number of carboxylic acids is 1. The molecule has 14 heteroatoms. The van der Waals surface area contributed by atoms with Crippen molar-refractivity contribution in [3.63, 3.8) is 0 Å². The van der Waals surface area contributed by atoms with Gasteiger partial charge in [0.25, 0.3) is 0 Å². The maximum Gasteiger partial charge on any atom is 0.332 e. The number of hydrogen-bond donors (Lipinski definition) is 1. The second-order valence-corrected chi connectivity index (χ2v) is 56.9. The van der Waals surface area contributed by atoms with E-state index in [0.717, 1.165) is 125 Å². The first-order valence-corrected chi connectivity index (χ1v) is 48.7. The molecule has 0 aromatic rings. The van der Waals surface area contributed by atoms with Crippen molar-refractivity contribution in [1.29, 1.82) is 0 Å². The molecule has 10 nitrogen and oxygen atoms in total. The standard InChI is InChI=1S/C45H74O5Si2.C35H60O5Si2/c1-30-36(24-37(49-51(10,11)42(3,4)5)25-40(30)50-52(12,13)43(6,7)8)17-16-35-15-14-20-44(9)38(18-19-39(35)44)31(2)47-29-41(46)48-45-26-32-21-33(27-45)23-34(22-32)28-45;1-24-27(17-16-26-15-14-20-35(9)29(18-19-30(26)35)25(2)38-23-32(36)37)21-28(39-41(10,11)33(3,4)5)22-31(24)40-42(12,13)34(6,7)8/h16-18,31-34,37,39-40H,1,14-15,19-29H2,2-13H3;16-18,25,28,30-31H,1,14-15,19-23H2,2-13H3,(H,36,37)/t31-,32?,33?,34?,37+,39-,40-,44+,45?;25-,28+,30?,31-,35+/m00/s1. The largest absolute Gasteiger partial charge is 0.480 e. The summed E-state index contributed by atoms with van der Waals surface area (Å²) in [6.07, 6.45) is 33.7. The minimum atomic E-state index is -2.02. The van der Waals surface area contributed by atoms with E-state index < -0.39 is 39.2 Å². The molecule has 1 unspecified atom stereocenters. The van der Waals surface area contributed by atoms with Gasteiger partial charge in [0.1, 0.15) is 18.8 Å². The van der Waals surface area contributed by atoms with Gasteiger partial charge in [0.05, 0.1) is 36.6 Å². The lowest BCUT2D eigenvalue weighted by atomic mass is 9.54. The number of esters is 1. The fourth-order valence-corrected chi connectivity index (χ4v) is 22.8. The summed E-state index contributed by atoms with van der Waals surface area (Å²) in [7, 11) is -7.95. The molecule has 10 rings (SSSR count). The molecule has 0 saturated heterocycles. The average Bonchev–Trinajstić information content (AvgIpc) is 1.28. The predicted molar refractivity (Wildman–Crippen MR) is 399 cm³/mol. The van der Waals surface area contributed by atoms with Crippen molar-refractivity contribution in [2.45, 2.75) is 341 Å². The number of hydrogen-bond acceptors (Lipinski definition) is 9. The van der Waals surface area contributed by atoms with Crippen LogP contribution in [-0.4, -0.2) is 106 Å². The van der Waals surface area contributed by atoms with Gasteiger partial charge in [-0.05, 0) is 263 Å². The highest BCUT2D eigenvalue weighted by Gasteiger charge is 2.55. The first-order chi connectivity index (χ1) is 43.1. The SMILES string of the molecule is C=C1C(=CC=C2CCC[C@]3(C)C([C@H](C)OCC(=O)O)=CCC23)C[C@@H](O[Si](C)(C)C(C)(C)C)C[C@@H]1O[Si](C)(C)C(C)(C)C.C=C1C(=CC=C2CCC[C@]3(C)C([C@H](C)OCC(=O)OC45CC6CC(CC(C6)C4)C5)=CC[C@@H]23)C[C@@H](O[Si](C)(C)C(C)(C)C)C[C@@H]1O[Si](C)(C)C(C)(C)C. The Morgan fingerprint density at radius 2 is 0.883 bits per heavy atom. The first kappa shape index (κ1) is 77.2. The second kappa shape index (κ2) is 28.5. The summed E-state index contributed by atoms with van der Waals surface area (Å²) in [6, 6.07) is 0. The number of carbonyl (C=O) groups is 2. The third kappa shape index (κ3) is 17.3. The Morgan fingerprint density at radius 1 is 0.543 bits per heavy atom. The van der Waals surface area contributed by atoms with Gasteiger partial charge in [0.15, 0.2) is 33.3 Å². The molecular weight excluding hydrogens is 1230 g/mol. The number of aliphatic carboxylic acids is 1. The zero-order chi connectivity index (χ0) is 70.0. The van der Waals surface area contributed by atoms with Crippen molar-refractivity contribution in [3.05, 3.63) is 94.2 Å². The van der Waals surface area contributed by atoms with Crippen LogP contribution in [0.1, 0.15) is 226 Å². The summed E-state index contributed by atoms with van der Waals surface area (Å²) >= 11 is 0. The summed E-state index contributed by atoms with van der Waals surface area (Å²) in [4.78, 5) is 24.3. The Hall–Kier alpha value is -2.51. The fourth-order valence-electron chi connectivity index (χ4n) is 17.5. The molecule has 0 heterocycles. The van der Waals surface area contributed by atoms with Gasteiger partial charge in [0.2, 0.25) is 0 Å². The Labute approximate surface area is 577 Å². The number of allylic oxidation sites excluding steroid dienone is 8. The maximum atomic E-state index is 13.2. The Morgan fingerprint density at radius 3 is 1.22 bits per heavy atom. The average molecular weight is 1370 g/mol. The van der Waals surface area contributed by atoms with E-state index in [2.05, 4.69) is 206 Å². The van der Waals surface area contributed by atoms with Gasteiger partial charge in [-0.3, -0.25) is 0 Å². The highest BCUT2D eigenvalue weighted by molar-refractivity contribution is 6.75. The van der Waals surface area contributed by atoms with Crippen molar-refractivity contribution < 1.29 is 46.6 Å². The van der Waals surface area contributed by atoms with Gasteiger partial charge in [-0.25, -0.2) is 9.59 Å². The van der Waals surface area contributed by atoms with Crippen LogP contribution in [-0.2, 0) is 41.5 Å². The van der Waals surface area contributed by atoms with Crippen molar-refractivity contribution in [2.24, 2.45) is 40.4 Å². The zero-order valence-electron chi connectivity index (χ0n) is 64.0. The zero-order valence-corrected chi connectivity index (χ0v) is 68.0. The third-order valence-corrected chi connectivity index (χ3v) is 44.8. The van der Waals surface area contributed by atoms with Gasteiger partial charge in [-0.1, -0.05) is 158 Å². The van der Waals surface area contributed by atoms with E-state index in [0.29, 0.717) is 11.8 Å². The van der Waals surface area contributed by atoms with Crippen molar-refractivity contribution >= 4 is 45.2 Å². The molecule has 8 fully saturated rings. The van der Waals surface area contributed by atoms with E-state index in [4.69, 9.17) is 37.0 Å². The van der Waals surface area contributed by atoms with Crippen LogP contribution in [0.15, 0.2) is 94.2 Å². The summed E-state index contributed by atoms with van der Waals surface area (Å²) < 4.78 is 46.6. The molecular formula is C80H134O10Si4. The number of fused-ring (bicyclic) bond motifs is 2. The van der Waals surface area contributed by atoms with Crippen LogP contribution < -0.4 is 0 Å². The maximum absolute atomic E-state index is 13.2. The summed E-state index contributed by atoms with van der Waals surface area (Å²) in [6.45, 7) is 64.6. The number of carbonyl (C=O) groups excluding carboxylic acids is 1. The quantitative estimate of drug-likeness (QED) is 0.0761. The van der Waals surface area contributed by atoms with E-state index in [1.54, 1.807) is 0 Å². The third-order valence-electron chi connectivity index (χ3n) is 26.8. The van der Waals surface area contributed by atoms with Crippen LogP contribution in [0.3, 0.4) is 0 Å².